The van der Waals surface area contributed by atoms with Gasteiger partial charge in [-0.05, 0) is 32.6 Å². The van der Waals surface area contributed by atoms with Crippen molar-refractivity contribution >= 4 is 13.5 Å². The largest absolute Gasteiger partial charge is 0.376 e. The van der Waals surface area contributed by atoms with Crippen molar-refractivity contribution in [2.24, 2.45) is 11.3 Å². The molecular weight excluding hydrogens is 199 g/mol. The number of rotatable bonds is 7. The fourth-order valence-corrected chi connectivity index (χ4v) is 1.75. The third-order valence-corrected chi connectivity index (χ3v) is 2.79. The van der Waals surface area contributed by atoms with Crippen molar-refractivity contribution in [2.45, 2.75) is 60.0 Å². The van der Waals surface area contributed by atoms with E-state index in [1.807, 2.05) is 13.8 Å². The Morgan fingerprint density at radius 2 is 1.75 bits per heavy atom. The highest BCUT2D eigenvalue weighted by Crippen LogP contribution is 2.24. The topological polar surface area (TPSA) is 26.3 Å². The third kappa shape index (κ3) is 6.31. The normalized spacial score (nSPS) is 13.2. The summed E-state index contributed by atoms with van der Waals surface area (Å²) in [6.07, 6.45) is 1.69. The minimum atomic E-state index is -0.478. The first kappa shape index (κ1) is 15.7. The molecule has 2 nitrogen and oxygen atoms in total. The van der Waals surface area contributed by atoms with E-state index in [4.69, 9.17) is 12.6 Å². The zero-order chi connectivity index (χ0) is 13.0. The van der Waals surface area contributed by atoms with Gasteiger partial charge in [0.25, 0.3) is 0 Å². The van der Waals surface area contributed by atoms with Crippen molar-refractivity contribution in [3.63, 3.8) is 0 Å². The molecule has 2 radical (unpaired) electrons. The molecule has 0 aliphatic rings. The molecule has 0 atom stereocenters. The third-order valence-electron chi connectivity index (χ3n) is 2.79. The molecule has 0 amide bonds. The van der Waals surface area contributed by atoms with Gasteiger partial charge in [0.05, 0.1) is 11.3 Å². The predicted molar refractivity (Wildman–Crippen MR) is 68.6 cm³/mol. The molecular formula is C13H25BO2. The van der Waals surface area contributed by atoms with E-state index in [0.717, 1.165) is 6.42 Å². The molecule has 0 N–H and O–H groups in total. The van der Waals surface area contributed by atoms with Crippen LogP contribution >= 0.6 is 0 Å². The molecule has 0 fully saturated rings. The molecule has 16 heavy (non-hydrogen) atoms. The maximum Gasteiger partial charge on any atom is 0.168 e. The van der Waals surface area contributed by atoms with Gasteiger partial charge in [-0.25, -0.2) is 0 Å². The summed E-state index contributed by atoms with van der Waals surface area (Å²) in [5.41, 5.74) is -0.867. The van der Waals surface area contributed by atoms with Crippen molar-refractivity contribution in [1.29, 1.82) is 0 Å². The summed E-state index contributed by atoms with van der Waals surface area (Å²) in [5.74, 6) is 0.610. The second-order valence-corrected chi connectivity index (χ2v) is 6.20. The predicted octanol–water partition coefficient (Wildman–Crippen LogP) is 2.94. The van der Waals surface area contributed by atoms with Crippen LogP contribution < -0.4 is 0 Å². The highest BCUT2D eigenvalue weighted by atomic mass is 16.5. The van der Waals surface area contributed by atoms with Gasteiger partial charge in [-0.2, -0.15) is 0 Å². The lowest BCUT2D eigenvalue weighted by Crippen LogP contribution is -2.31. The second-order valence-electron chi connectivity index (χ2n) is 6.20. The van der Waals surface area contributed by atoms with Gasteiger partial charge >= 0.3 is 0 Å². The summed E-state index contributed by atoms with van der Waals surface area (Å²) in [5, 5.41) is 0. The zero-order valence-corrected chi connectivity index (χ0v) is 11.6. The summed E-state index contributed by atoms with van der Waals surface area (Å²) in [6.45, 7) is 12.8. The Morgan fingerprint density at radius 3 is 2.12 bits per heavy atom. The van der Waals surface area contributed by atoms with Crippen LogP contribution in [-0.2, 0) is 9.53 Å². The first-order chi connectivity index (χ1) is 7.07. The Hall–Kier alpha value is -0.305. The van der Waals surface area contributed by atoms with Crippen LogP contribution in [0.4, 0.5) is 0 Å². The quantitative estimate of drug-likeness (QED) is 0.621. The highest BCUT2D eigenvalue weighted by molar-refractivity contribution is 6.58. The van der Waals surface area contributed by atoms with Gasteiger partial charge < -0.3 is 9.53 Å². The molecule has 0 rings (SSSR count). The maximum atomic E-state index is 11.1. The van der Waals surface area contributed by atoms with Crippen molar-refractivity contribution in [3.8, 4) is 0 Å². The van der Waals surface area contributed by atoms with E-state index in [1.54, 1.807) is 0 Å². The standard InChI is InChI=1S/C13H25BO2/c1-10(2)9-13(5,6)16-8-7-12(3,4)11(14)15/h10H,7-9H2,1-6H3. The van der Waals surface area contributed by atoms with Crippen LogP contribution in [-0.4, -0.2) is 25.7 Å². The van der Waals surface area contributed by atoms with E-state index in [9.17, 15) is 4.79 Å². The Bertz CT molecular complexity index is 232. The van der Waals surface area contributed by atoms with Gasteiger partial charge in [0, 0.05) is 12.0 Å². The van der Waals surface area contributed by atoms with Gasteiger partial charge in [-0.15, -0.1) is 0 Å². The minimum absolute atomic E-state index is 0.123. The van der Waals surface area contributed by atoms with Gasteiger partial charge in [-0.1, -0.05) is 27.7 Å². The summed E-state index contributed by atoms with van der Waals surface area (Å²) >= 11 is 0. The second kappa shape index (κ2) is 5.86. The SMILES string of the molecule is [B]C(=O)C(C)(C)CCOC(C)(C)CC(C)C. The monoisotopic (exact) mass is 224 g/mol. The summed E-state index contributed by atoms with van der Waals surface area (Å²) in [7, 11) is 5.31. The van der Waals surface area contributed by atoms with E-state index < -0.39 is 5.41 Å². The van der Waals surface area contributed by atoms with Crippen LogP contribution in [0.15, 0.2) is 0 Å². The first-order valence-electron chi connectivity index (χ1n) is 6.01. The van der Waals surface area contributed by atoms with Crippen molar-refractivity contribution in [3.05, 3.63) is 0 Å². The van der Waals surface area contributed by atoms with E-state index in [2.05, 4.69) is 27.7 Å². The molecule has 3 heteroatoms. The van der Waals surface area contributed by atoms with Crippen LogP contribution in [0.2, 0.25) is 0 Å². The fraction of sp³-hybridized carbons (Fsp3) is 0.923. The average Bonchev–Trinajstić information content (AvgIpc) is 1.99. The van der Waals surface area contributed by atoms with Gasteiger partial charge in [0.2, 0.25) is 0 Å². The van der Waals surface area contributed by atoms with Crippen molar-refractivity contribution < 1.29 is 9.53 Å². The van der Waals surface area contributed by atoms with Gasteiger partial charge in [0.15, 0.2) is 7.85 Å². The van der Waals surface area contributed by atoms with Crippen LogP contribution in [0.5, 0.6) is 0 Å². The van der Waals surface area contributed by atoms with Crippen LogP contribution in [0, 0.1) is 11.3 Å². The molecule has 92 valence electrons. The summed E-state index contributed by atoms with van der Waals surface area (Å²) in [4.78, 5) is 11.1. The maximum absolute atomic E-state index is 11.1. The molecule has 0 aromatic heterocycles. The molecule has 0 bridgehead atoms. The Kier molecular flexibility index (Phi) is 5.74. The number of ether oxygens (including phenoxy) is 1. The van der Waals surface area contributed by atoms with E-state index in [1.165, 1.54) is 0 Å². The number of hydrogen-bond acceptors (Lipinski definition) is 2. The molecule has 0 saturated heterocycles. The molecule has 0 aliphatic heterocycles. The fourth-order valence-electron chi connectivity index (χ4n) is 1.75. The van der Waals surface area contributed by atoms with Gasteiger partial charge in [0.1, 0.15) is 0 Å². The molecule has 0 heterocycles. The number of carbonyl (C=O) groups excluding carboxylic acids is 1. The molecule has 0 aromatic rings. The zero-order valence-electron chi connectivity index (χ0n) is 11.6. The lowest BCUT2D eigenvalue weighted by Gasteiger charge is -2.29. The number of carbonyl (C=O) groups is 1. The van der Waals surface area contributed by atoms with Gasteiger partial charge in [-0.3, -0.25) is 0 Å². The summed E-state index contributed by atoms with van der Waals surface area (Å²) in [6, 6.07) is 0. The van der Waals surface area contributed by atoms with Crippen LogP contribution in [0.1, 0.15) is 54.4 Å². The lowest BCUT2D eigenvalue weighted by molar-refractivity contribution is -0.121. The van der Waals surface area contributed by atoms with Crippen LogP contribution in [0.3, 0.4) is 0 Å². The van der Waals surface area contributed by atoms with Crippen molar-refractivity contribution in [2.75, 3.05) is 6.61 Å². The average molecular weight is 224 g/mol. The first-order valence-corrected chi connectivity index (χ1v) is 6.01. The Balaban J connectivity index is 4.02. The lowest BCUT2D eigenvalue weighted by atomic mass is 9.75. The molecule has 0 spiro atoms. The highest BCUT2D eigenvalue weighted by Gasteiger charge is 2.25. The van der Waals surface area contributed by atoms with Crippen LogP contribution in [0.25, 0.3) is 0 Å². The van der Waals surface area contributed by atoms with Crippen molar-refractivity contribution in [1.82, 2.24) is 0 Å². The smallest absolute Gasteiger partial charge is 0.168 e. The molecule has 0 aliphatic carbocycles. The molecule has 0 unspecified atom stereocenters. The molecule has 0 saturated carbocycles. The van der Waals surface area contributed by atoms with E-state index in [-0.39, 0.29) is 11.3 Å². The number of hydrogen-bond donors (Lipinski definition) is 0. The molecule has 0 aromatic carbocycles. The van der Waals surface area contributed by atoms with E-state index >= 15 is 0 Å². The minimum Gasteiger partial charge on any atom is -0.376 e. The van der Waals surface area contributed by atoms with E-state index in [0.29, 0.717) is 18.9 Å². The Labute approximate surface area is 102 Å². The summed E-state index contributed by atoms with van der Waals surface area (Å²) < 4.78 is 5.82. The Morgan fingerprint density at radius 1 is 1.25 bits per heavy atom.